The van der Waals surface area contributed by atoms with Crippen LogP contribution in [-0.2, 0) is 0 Å². The smallest absolute Gasteiger partial charge is 0.269 e. The molecule has 0 saturated carbocycles. The molecule has 0 aliphatic carbocycles. The maximum Gasteiger partial charge on any atom is 0.269 e. The molecule has 6 heteroatoms. The minimum Gasteiger partial charge on any atom is -0.374 e. The van der Waals surface area contributed by atoms with Crippen LogP contribution in [0.25, 0.3) is 22.2 Å². The summed E-state index contributed by atoms with van der Waals surface area (Å²) in [7, 11) is 0. The Hall–Kier alpha value is -3.67. The van der Waals surface area contributed by atoms with Crippen molar-refractivity contribution >= 4 is 22.6 Å². The summed E-state index contributed by atoms with van der Waals surface area (Å²) < 4.78 is 0. The molecule has 126 valence electrons. The van der Waals surface area contributed by atoms with Gasteiger partial charge in [-0.25, -0.2) is 0 Å². The third-order valence-corrected chi connectivity index (χ3v) is 4.80. The van der Waals surface area contributed by atoms with Gasteiger partial charge < -0.3 is 16.0 Å². The van der Waals surface area contributed by atoms with Crippen molar-refractivity contribution in [3.05, 3.63) is 77.6 Å². The first-order chi connectivity index (χ1) is 12.7. The highest BCUT2D eigenvalue weighted by molar-refractivity contribution is 6.10. The normalized spacial score (nSPS) is 15.2. The van der Waals surface area contributed by atoms with Gasteiger partial charge in [0.25, 0.3) is 5.91 Å². The molecule has 0 radical (unpaired) electrons. The summed E-state index contributed by atoms with van der Waals surface area (Å²) in [5.41, 5.74) is 11.1. The van der Waals surface area contributed by atoms with Gasteiger partial charge >= 0.3 is 0 Å². The maximum atomic E-state index is 12.0. The number of anilines is 1. The molecule has 1 atom stereocenters. The lowest BCUT2D eigenvalue weighted by atomic mass is 9.96. The number of fused-ring (bicyclic) bond motifs is 2. The van der Waals surface area contributed by atoms with Gasteiger partial charge in [0.05, 0.1) is 6.04 Å². The number of primary amides is 1. The molecule has 3 heterocycles. The van der Waals surface area contributed by atoms with E-state index in [0.29, 0.717) is 5.65 Å². The van der Waals surface area contributed by atoms with E-state index >= 15 is 0 Å². The number of hydrogen-bond donors (Lipinski definition) is 3. The monoisotopic (exact) mass is 341 g/mol. The number of nitrogens with one attached hydrogen (secondary N) is 2. The van der Waals surface area contributed by atoms with Crippen molar-refractivity contribution in [3.63, 3.8) is 0 Å². The lowest BCUT2D eigenvalue weighted by Crippen LogP contribution is -2.15. The Kier molecular flexibility index (Phi) is 3.05. The highest BCUT2D eigenvalue weighted by Gasteiger charge is 2.29. The molecule has 1 aliphatic rings. The van der Waals surface area contributed by atoms with Gasteiger partial charge in [-0.2, -0.15) is 0 Å². The molecule has 1 aliphatic heterocycles. The summed E-state index contributed by atoms with van der Waals surface area (Å²) >= 11 is 0. The Morgan fingerprint density at radius 1 is 1.00 bits per heavy atom. The molecular formula is C20H15N5O. The molecule has 26 heavy (non-hydrogen) atoms. The first-order valence-corrected chi connectivity index (χ1v) is 8.32. The Bertz CT molecular complexity index is 1150. The number of aromatic nitrogens is 3. The molecule has 0 fully saturated rings. The first-order valence-electron chi connectivity index (χ1n) is 8.32. The second-order valence-electron chi connectivity index (χ2n) is 6.29. The third-order valence-electron chi connectivity index (χ3n) is 4.80. The van der Waals surface area contributed by atoms with Crippen LogP contribution >= 0.6 is 0 Å². The molecule has 0 bridgehead atoms. The number of H-pyrrole nitrogens is 1. The molecule has 2 aromatic heterocycles. The molecule has 2 aromatic carbocycles. The molecule has 4 aromatic rings. The zero-order chi connectivity index (χ0) is 17.7. The number of nitrogens with two attached hydrogens (primary N) is 1. The third kappa shape index (κ3) is 2.02. The average molecular weight is 341 g/mol. The van der Waals surface area contributed by atoms with Crippen molar-refractivity contribution in [2.45, 2.75) is 6.04 Å². The maximum absolute atomic E-state index is 12.0. The van der Waals surface area contributed by atoms with Gasteiger partial charge in [-0.3, -0.25) is 4.79 Å². The van der Waals surface area contributed by atoms with Crippen LogP contribution < -0.4 is 11.1 Å². The van der Waals surface area contributed by atoms with Crippen molar-refractivity contribution in [2.24, 2.45) is 5.73 Å². The minimum absolute atomic E-state index is 0.0859. The van der Waals surface area contributed by atoms with Gasteiger partial charge in [-0.1, -0.05) is 48.5 Å². The van der Waals surface area contributed by atoms with Crippen LogP contribution in [-0.4, -0.2) is 21.1 Å². The van der Waals surface area contributed by atoms with E-state index in [2.05, 4.69) is 32.6 Å². The summed E-state index contributed by atoms with van der Waals surface area (Å²) in [5.74, 6) is -0.588. The number of amides is 1. The van der Waals surface area contributed by atoms with Gasteiger partial charge in [-0.05, 0) is 11.6 Å². The van der Waals surface area contributed by atoms with E-state index in [9.17, 15) is 4.79 Å². The number of hydrogen-bond acceptors (Lipinski definition) is 4. The fourth-order valence-corrected chi connectivity index (χ4v) is 3.67. The number of nitrogens with zero attached hydrogens (tertiary/aromatic N) is 2. The zero-order valence-electron chi connectivity index (χ0n) is 13.7. The minimum atomic E-state index is -0.588. The molecule has 6 nitrogen and oxygen atoms in total. The molecule has 1 amide bonds. The van der Waals surface area contributed by atoms with E-state index in [0.717, 1.165) is 33.3 Å². The van der Waals surface area contributed by atoms with Crippen molar-refractivity contribution in [1.82, 2.24) is 15.2 Å². The van der Waals surface area contributed by atoms with E-state index in [-0.39, 0.29) is 11.7 Å². The Balaban J connectivity index is 1.92. The van der Waals surface area contributed by atoms with Crippen LogP contribution in [0.3, 0.4) is 0 Å². The van der Waals surface area contributed by atoms with Crippen LogP contribution in [0.1, 0.15) is 27.7 Å². The van der Waals surface area contributed by atoms with E-state index < -0.39 is 5.91 Å². The Labute approximate surface area is 149 Å². The fraction of sp³-hybridized carbons (Fsp3) is 0.0500. The Morgan fingerprint density at radius 2 is 1.77 bits per heavy atom. The summed E-state index contributed by atoms with van der Waals surface area (Å²) in [4.78, 5) is 15.2. The van der Waals surface area contributed by atoms with Crippen LogP contribution in [0.2, 0.25) is 0 Å². The topological polar surface area (TPSA) is 96.7 Å². The van der Waals surface area contributed by atoms with Crippen LogP contribution in [0.4, 0.5) is 5.69 Å². The second kappa shape index (κ2) is 5.42. The predicted molar refractivity (Wildman–Crippen MR) is 99.8 cm³/mol. The fourth-order valence-electron chi connectivity index (χ4n) is 3.67. The first kappa shape index (κ1) is 14.7. The summed E-state index contributed by atoms with van der Waals surface area (Å²) in [6, 6.07) is 18.0. The van der Waals surface area contributed by atoms with Crippen molar-refractivity contribution in [1.29, 1.82) is 0 Å². The lowest BCUT2D eigenvalue weighted by molar-refractivity contribution is 0.0995. The van der Waals surface area contributed by atoms with Crippen molar-refractivity contribution in [2.75, 3.05) is 5.32 Å². The number of carbonyl (C=O) groups excluding carboxylic acids is 1. The van der Waals surface area contributed by atoms with Crippen LogP contribution in [0.15, 0.2) is 60.8 Å². The zero-order valence-corrected chi connectivity index (χ0v) is 13.7. The number of benzene rings is 2. The van der Waals surface area contributed by atoms with Crippen LogP contribution in [0, 0.1) is 0 Å². The summed E-state index contributed by atoms with van der Waals surface area (Å²) in [6.45, 7) is 0. The second-order valence-corrected chi connectivity index (χ2v) is 6.29. The van der Waals surface area contributed by atoms with Gasteiger partial charge in [-0.15, -0.1) is 10.2 Å². The largest absolute Gasteiger partial charge is 0.374 e. The van der Waals surface area contributed by atoms with E-state index in [1.807, 2.05) is 48.7 Å². The van der Waals surface area contributed by atoms with Gasteiger partial charge in [0.2, 0.25) is 0 Å². The molecule has 5 rings (SSSR count). The lowest BCUT2D eigenvalue weighted by Gasteiger charge is -2.19. The molecule has 0 spiro atoms. The molecule has 0 saturated heterocycles. The highest BCUT2D eigenvalue weighted by Crippen LogP contribution is 2.44. The summed E-state index contributed by atoms with van der Waals surface area (Å²) in [6.07, 6.45) is 1.92. The van der Waals surface area contributed by atoms with Gasteiger partial charge in [0, 0.05) is 34.0 Å². The SMILES string of the molecule is NC(=O)c1nnc2[nH]cc3c2c1-c1ccccc1NC3c1ccccc1. The van der Waals surface area contributed by atoms with E-state index in [4.69, 9.17) is 5.73 Å². The average Bonchev–Trinajstić information content (AvgIpc) is 3.03. The summed E-state index contributed by atoms with van der Waals surface area (Å²) in [5, 5.41) is 12.7. The van der Waals surface area contributed by atoms with Gasteiger partial charge in [0.15, 0.2) is 11.3 Å². The van der Waals surface area contributed by atoms with E-state index in [1.54, 1.807) is 0 Å². The van der Waals surface area contributed by atoms with Gasteiger partial charge in [0.1, 0.15) is 0 Å². The number of aromatic amines is 1. The highest BCUT2D eigenvalue weighted by atomic mass is 16.1. The number of rotatable bonds is 2. The van der Waals surface area contributed by atoms with E-state index in [1.165, 1.54) is 0 Å². The standard InChI is InChI=1S/C20H15N5O/c21-19(26)18-15-12-8-4-5-9-14(12)23-17(11-6-2-1-3-7-11)13-10-22-20(16(13)15)25-24-18/h1-10,17,23H,(H2,21,26)(H,22,25). The number of para-hydroxylation sites is 1. The predicted octanol–water partition coefficient (Wildman–Crippen LogP) is 3.24. The molecule has 1 unspecified atom stereocenters. The molecular weight excluding hydrogens is 326 g/mol. The van der Waals surface area contributed by atoms with Crippen molar-refractivity contribution in [3.8, 4) is 11.1 Å². The van der Waals surface area contributed by atoms with Crippen LogP contribution in [0.5, 0.6) is 0 Å². The quantitative estimate of drug-likeness (QED) is 0.521. The Morgan fingerprint density at radius 3 is 2.58 bits per heavy atom. The molecule has 4 N–H and O–H groups in total. The van der Waals surface area contributed by atoms with Crippen molar-refractivity contribution < 1.29 is 4.79 Å². The number of carbonyl (C=O) groups is 1.